The van der Waals surface area contributed by atoms with Crippen LogP contribution in [-0.4, -0.2) is 9.55 Å². The number of fused-ring (bicyclic) bond motifs is 22. The van der Waals surface area contributed by atoms with Crippen LogP contribution in [0.5, 0.6) is 0 Å². The van der Waals surface area contributed by atoms with Gasteiger partial charge in [-0.3, -0.25) is 0 Å². The van der Waals surface area contributed by atoms with E-state index in [2.05, 4.69) is 199 Å². The number of hydrogen-bond donors (Lipinski definition) is 0. The largest absolute Gasteiger partial charge is 0.301 e. The summed E-state index contributed by atoms with van der Waals surface area (Å²) in [6, 6.07) is 72.6. The monoisotopic (exact) mass is 820 g/mol. The highest BCUT2D eigenvalue weighted by molar-refractivity contribution is 7.26. The molecule has 4 heterocycles. The second-order valence-corrected chi connectivity index (χ2v) is 19.0. The van der Waals surface area contributed by atoms with Crippen LogP contribution in [0.3, 0.4) is 0 Å². The Morgan fingerprint density at radius 3 is 1.84 bits per heavy atom. The molecule has 62 heavy (non-hydrogen) atoms. The Hall–Kier alpha value is -7.37. The highest BCUT2D eigenvalue weighted by atomic mass is 32.1. The fraction of sp³-hybridized carbons (Fsp3) is 0.0172. The van der Waals surface area contributed by atoms with E-state index < -0.39 is 5.41 Å². The van der Waals surface area contributed by atoms with Crippen molar-refractivity contribution in [3.05, 3.63) is 216 Å². The van der Waals surface area contributed by atoms with Gasteiger partial charge in [0.05, 0.1) is 22.1 Å². The van der Waals surface area contributed by atoms with Crippen molar-refractivity contribution in [2.45, 2.75) is 5.41 Å². The number of rotatable bonds is 2. The minimum absolute atomic E-state index is 0.415. The second-order valence-electron chi connectivity index (χ2n) is 16.9. The van der Waals surface area contributed by atoms with Crippen molar-refractivity contribution in [3.8, 4) is 39.2 Å². The lowest BCUT2D eigenvalue weighted by molar-refractivity contribution is 0.794. The summed E-state index contributed by atoms with van der Waals surface area (Å²) in [5.74, 6) is 0. The SMILES string of the molecule is c1cc(-c2nc3ccccc3c3c4c(ccc23)C2(c3ccccc3-c3ccccc32)c2ccccc2-4)cc(-n2c3cc4c(cc3c3c5ccccc5sc32)sc2ccccc24)c1. The summed E-state index contributed by atoms with van der Waals surface area (Å²) in [6.07, 6.45) is 0. The van der Waals surface area contributed by atoms with Crippen LogP contribution in [0, 0.1) is 0 Å². The molecule has 0 bridgehead atoms. The molecule has 0 fully saturated rings. The Balaban J connectivity index is 1.02. The zero-order valence-corrected chi connectivity index (χ0v) is 34.8. The Labute approximate surface area is 364 Å². The smallest absolute Gasteiger partial charge is 0.109 e. The Bertz CT molecular complexity index is 4080. The van der Waals surface area contributed by atoms with E-state index in [0.29, 0.717) is 0 Å². The van der Waals surface area contributed by atoms with E-state index in [1.165, 1.54) is 112 Å². The molecule has 2 nitrogen and oxygen atoms in total. The summed E-state index contributed by atoms with van der Waals surface area (Å²) in [5.41, 5.74) is 15.7. The highest BCUT2D eigenvalue weighted by Gasteiger charge is 2.52. The summed E-state index contributed by atoms with van der Waals surface area (Å²) < 4.78 is 6.47. The minimum Gasteiger partial charge on any atom is -0.301 e. The topological polar surface area (TPSA) is 17.8 Å². The van der Waals surface area contributed by atoms with E-state index in [-0.39, 0.29) is 0 Å². The maximum Gasteiger partial charge on any atom is 0.109 e. The number of benzene rings is 9. The molecule has 0 radical (unpaired) electrons. The zero-order chi connectivity index (χ0) is 40.3. The molecule has 13 aromatic rings. The normalized spacial score (nSPS) is 13.6. The zero-order valence-electron chi connectivity index (χ0n) is 33.2. The van der Waals surface area contributed by atoms with Crippen molar-refractivity contribution in [1.82, 2.24) is 9.55 Å². The van der Waals surface area contributed by atoms with Gasteiger partial charge in [-0.25, -0.2) is 4.98 Å². The lowest BCUT2D eigenvalue weighted by atomic mass is 9.70. The van der Waals surface area contributed by atoms with E-state index in [4.69, 9.17) is 4.98 Å². The predicted octanol–water partition coefficient (Wildman–Crippen LogP) is 16.1. The maximum atomic E-state index is 5.56. The van der Waals surface area contributed by atoms with Gasteiger partial charge in [-0.05, 0) is 87.0 Å². The van der Waals surface area contributed by atoms with Crippen LogP contribution in [0.2, 0.25) is 0 Å². The number of nitrogens with zero attached hydrogens (tertiary/aromatic N) is 2. The van der Waals surface area contributed by atoms with Crippen molar-refractivity contribution >= 4 is 95.7 Å². The van der Waals surface area contributed by atoms with E-state index in [1.807, 2.05) is 22.7 Å². The molecule has 286 valence electrons. The molecule has 0 N–H and O–H groups in total. The summed E-state index contributed by atoms with van der Waals surface area (Å²) >= 11 is 3.77. The number of para-hydroxylation sites is 1. The van der Waals surface area contributed by atoms with Crippen molar-refractivity contribution in [2.75, 3.05) is 0 Å². The van der Waals surface area contributed by atoms with E-state index in [1.54, 1.807) is 0 Å². The molecule has 0 amide bonds. The Kier molecular flexibility index (Phi) is 6.41. The number of thiophene rings is 2. The third kappa shape index (κ3) is 4.07. The molecule has 4 heteroatoms. The van der Waals surface area contributed by atoms with E-state index >= 15 is 0 Å². The summed E-state index contributed by atoms with van der Waals surface area (Å²) in [7, 11) is 0. The summed E-state index contributed by atoms with van der Waals surface area (Å²) in [4.78, 5) is 6.83. The molecule has 2 aliphatic rings. The van der Waals surface area contributed by atoms with Gasteiger partial charge in [0.1, 0.15) is 4.83 Å². The fourth-order valence-corrected chi connectivity index (χ4v) is 14.0. The predicted molar refractivity (Wildman–Crippen MR) is 264 cm³/mol. The van der Waals surface area contributed by atoms with Crippen molar-refractivity contribution in [3.63, 3.8) is 0 Å². The van der Waals surface area contributed by atoms with Crippen LogP contribution < -0.4 is 0 Å². The van der Waals surface area contributed by atoms with Gasteiger partial charge in [-0.15, -0.1) is 22.7 Å². The molecular formula is C58H32N2S2. The van der Waals surface area contributed by atoms with Gasteiger partial charge >= 0.3 is 0 Å². The van der Waals surface area contributed by atoms with Gasteiger partial charge in [-0.2, -0.15) is 0 Å². The first-order chi connectivity index (χ1) is 30.8. The second kappa shape index (κ2) is 11.9. The van der Waals surface area contributed by atoms with Gasteiger partial charge in [0, 0.05) is 68.4 Å². The maximum absolute atomic E-state index is 5.56. The molecule has 4 aromatic heterocycles. The Morgan fingerprint density at radius 1 is 0.403 bits per heavy atom. The molecule has 0 atom stereocenters. The van der Waals surface area contributed by atoms with Gasteiger partial charge in [0.2, 0.25) is 0 Å². The lowest BCUT2D eigenvalue weighted by Crippen LogP contribution is -2.25. The summed E-state index contributed by atoms with van der Waals surface area (Å²) in [5, 5.41) is 10.2. The third-order valence-corrected chi connectivity index (χ3v) is 16.3. The number of pyridine rings is 1. The van der Waals surface area contributed by atoms with Crippen molar-refractivity contribution < 1.29 is 0 Å². The molecule has 0 saturated carbocycles. The molecule has 0 aliphatic heterocycles. The van der Waals surface area contributed by atoms with Crippen LogP contribution in [0.25, 0.3) is 112 Å². The average molecular weight is 821 g/mol. The lowest BCUT2D eigenvalue weighted by Gasteiger charge is -2.30. The van der Waals surface area contributed by atoms with Gasteiger partial charge in [0.15, 0.2) is 0 Å². The van der Waals surface area contributed by atoms with E-state index in [9.17, 15) is 0 Å². The van der Waals surface area contributed by atoms with Crippen LogP contribution >= 0.6 is 22.7 Å². The molecule has 0 saturated heterocycles. The van der Waals surface area contributed by atoms with Gasteiger partial charge in [0.25, 0.3) is 0 Å². The van der Waals surface area contributed by atoms with Gasteiger partial charge < -0.3 is 4.57 Å². The molecule has 2 aliphatic carbocycles. The molecule has 9 aromatic carbocycles. The van der Waals surface area contributed by atoms with Gasteiger partial charge in [-0.1, -0.05) is 152 Å². The van der Waals surface area contributed by atoms with Crippen LogP contribution in [0.1, 0.15) is 22.3 Å². The minimum atomic E-state index is -0.415. The first-order valence-electron chi connectivity index (χ1n) is 21.3. The average Bonchev–Trinajstić information content (AvgIpc) is 4.11. The quantitative estimate of drug-likeness (QED) is 0.159. The molecular weight excluding hydrogens is 789 g/mol. The number of hydrogen-bond acceptors (Lipinski definition) is 3. The fourth-order valence-electron chi connectivity index (χ4n) is 11.6. The van der Waals surface area contributed by atoms with Crippen LogP contribution in [-0.2, 0) is 5.41 Å². The van der Waals surface area contributed by atoms with Crippen molar-refractivity contribution in [2.24, 2.45) is 0 Å². The first-order valence-corrected chi connectivity index (χ1v) is 22.9. The molecule has 0 unspecified atom stereocenters. The first kappa shape index (κ1) is 33.4. The third-order valence-electron chi connectivity index (χ3n) is 14.0. The van der Waals surface area contributed by atoms with Crippen LogP contribution in [0.4, 0.5) is 0 Å². The van der Waals surface area contributed by atoms with Crippen LogP contribution in [0.15, 0.2) is 194 Å². The standard InChI is InChI=1S/C58H32N2S2/c1-7-22-44-35(16-1)36-17-2-8-23-45(36)58(44)46-24-9-3-19-38(46)55-47(58)29-28-41-53(55)39-20-4-10-25-48(39)59-56(41)33-14-13-15-34(30-33)60-49-31-42-37-18-5-11-26-50(37)61-52(42)32-43(49)54-40-21-6-12-27-51(40)62-57(54)60/h1-32H. The highest BCUT2D eigenvalue weighted by Crippen LogP contribution is 2.64. The van der Waals surface area contributed by atoms with Crippen molar-refractivity contribution in [1.29, 1.82) is 0 Å². The molecule has 1 spiro atoms. The Morgan fingerprint density at radius 2 is 1.05 bits per heavy atom. The summed E-state index contributed by atoms with van der Waals surface area (Å²) in [6.45, 7) is 0. The molecule has 15 rings (SSSR count). The van der Waals surface area contributed by atoms with E-state index in [0.717, 1.165) is 22.5 Å². The number of aromatic nitrogens is 2.